The molecular formula is C19H24Cl2OSiZr. The summed E-state index contributed by atoms with van der Waals surface area (Å²) in [5.74, 6) is 0.438. The first-order chi connectivity index (χ1) is 10.1. The van der Waals surface area contributed by atoms with Crippen LogP contribution in [0.3, 0.4) is 0 Å². The van der Waals surface area contributed by atoms with Crippen molar-refractivity contribution in [2.24, 2.45) is 0 Å². The normalized spacial score (nSPS) is 16.2. The molecule has 3 rings (SSSR count). The second kappa shape index (κ2) is 13.3. The summed E-state index contributed by atoms with van der Waals surface area (Å²) in [6.45, 7) is 7.55. The van der Waals surface area contributed by atoms with Crippen molar-refractivity contribution in [1.82, 2.24) is 0 Å². The van der Waals surface area contributed by atoms with Gasteiger partial charge < -0.3 is 29.2 Å². The van der Waals surface area contributed by atoms with E-state index in [0.29, 0.717) is 5.92 Å². The van der Waals surface area contributed by atoms with Gasteiger partial charge in [0.05, 0.1) is 0 Å². The summed E-state index contributed by atoms with van der Waals surface area (Å²) in [5.41, 5.74) is 2.72. The topological polar surface area (TPSA) is 9.23 Å². The zero-order chi connectivity index (χ0) is 15.1. The van der Waals surface area contributed by atoms with Crippen LogP contribution in [-0.4, -0.2) is 14.9 Å². The van der Waals surface area contributed by atoms with Crippen LogP contribution in [0.15, 0.2) is 42.5 Å². The zero-order valence-electron chi connectivity index (χ0n) is 14.5. The fourth-order valence-corrected chi connectivity index (χ4v) is 3.03. The summed E-state index contributed by atoms with van der Waals surface area (Å²) in [6, 6.07) is 8.54. The fourth-order valence-electron chi connectivity index (χ4n) is 2.30. The molecule has 0 saturated heterocycles. The summed E-state index contributed by atoms with van der Waals surface area (Å²) < 4.78 is 5.89. The van der Waals surface area contributed by atoms with Crippen molar-refractivity contribution in [3.8, 4) is 0 Å². The largest absolute Gasteiger partial charge is 4.00 e. The molecule has 2 aliphatic rings. The first-order valence-corrected chi connectivity index (χ1v) is 11.0. The van der Waals surface area contributed by atoms with Crippen LogP contribution in [0.1, 0.15) is 29.9 Å². The number of halogens is 2. The van der Waals surface area contributed by atoms with E-state index in [0.717, 1.165) is 19.4 Å². The Hall–Kier alpha value is 0.0800. The summed E-state index contributed by atoms with van der Waals surface area (Å²) >= 11 is 0. The average molecular weight is 459 g/mol. The van der Waals surface area contributed by atoms with E-state index in [1.54, 1.807) is 0 Å². The molecular weight excluding hydrogens is 434 g/mol. The maximum atomic E-state index is 5.89. The average Bonchev–Trinajstić information content (AvgIpc) is 3.10. The molecule has 1 aromatic carbocycles. The number of hydrogen-bond donors (Lipinski definition) is 0. The second-order valence-corrected chi connectivity index (χ2v) is 10.8. The third-order valence-corrected chi connectivity index (χ3v) is 4.41. The molecule has 0 radical (unpaired) electrons. The Kier molecular flexibility index (Phi) is 14.6. The van der Waals surface area contributed by atoms with Gasteiger partial charge in [0, 0.05) is 6.61 Å². The number of allylic oxidation sites excluding steroid dienone is 5. The molecule has 128 valence electrons. The molecule has 1 aromatic rings. The molecule has 0 aromatic heterocycles. The SMILES string of the molecule is C[Si](C)(C)OCCC1[C-]=Cc2ccccc21.[C-]1=CC=CC1.[Cl-].[Cl-].[Zr+4]. The second-order valence-electron chi connectivity index (χ2n) is 6.25. The van der Waals surface area contributed by atoms with Crippen molar-refractivity contribution in [2.45, 2.75) is 38.4 Å². The van der Waals surface area contributed by atoms with Gasteiger partial charge in [0.1, 0.15) is 0 Å². The van der Waals surface area contributed by atoms with E-state index in [9.17, 15) is 0 Å². The van der Waals surface area contributed by atoms with Gasteiger partial charge in [-0.1, -0.05) is 24.1 Å². The third kappa shape index (κ3) is 9.53. The molecule has 1 unspecified atom stereocenters. The number of hydrogen-bond acceptors (Lipinski definition) is 1. The van der Waals surface area contributed by atoms with Crippen molar-refractivity contribution in [3.63, 3.8) is 0 Å². The van der Waals surface area contributed by atoms with Gasteiger partial charge in [-0.3, -0.25) is 12.2 Å². The Morgan fingerprint density at radius 2 is 1.88 bits per heavy atom. The van der Waals surface area contributed by atoms with Crippen LogP contribution in [0.2, 0.25) is 19.6 Å². The number of fused-ring (bicyclic) bond motifs is 1. The molecule has 5 heteroatoms. The summed E-state index contributed by atoms with van der Waals surface area (Å²) in [7, 11) is -1.36. The maximum Gasteiger partial charge on any atom is 4.00 e. The molecule has 1 atom stereocenters. The van der Waals surface area contributed by atoms with E-state index in [1.165, 1.54) is 11.1 Å². The Labute approximate surface area is 179 Å². The Morgan fingerprint density at radius 1 is 1.17 bits per heavy atom. The van der Waals surface area contributed by atoms with Gasteiger partial charge in [0.25, 0.3) is 0 Å². The number of benzene rings is 1. The van der Waals surface area contributed by atoms with Crippen molar-refractivity contribution in [3.05, 3.63) is 65.8 Å². The quantitative estimate of drug-likeness (QED) is 0.422. The third-order valence-electron chi connectivity index (χ3n) is 3.34. The molecule has 0 amide bonds. The molecule has 0 fully saturated rings. The summed E-state index contributed by atoms with van der Waals surface area (Å²) in [5, 5.41) is 0. The molecule has 0 bridgehead atoms. The van der Waals surface area contributed by atoms with Crippen molar-refractivity contribution in [1.29, 1.82) is 0 Å². The first kappa shape index (κ1) is 26.3. The Morgan fingerprint density at radius 3 is 2.42 bits per heavy atom. The molecule has 0 heterocycles. The Balaban J connectivity index is 0. The number of rotatable bonds is 4. The van der Waals surface area contributed by atoms with E-state index in [4.69, 9.17) is 4.43 Å². The van der Waals surface area contributed by atoms with Gasteiger partial charge >= 0.3 is 26.2 Å². The van der Waals surface area contributed by atoms with E-state index in [-0.39, 0.29) is 51.0 Å². The monoisotopic (exact) mass is 456 g/mol. The minimum Gasteiger partial charge on any atom is -1.00 e. The van der Waals surface area contributed by atoms with Gasteiger partial charge in [0.15, 0.2) is 8.32 Å². The van der Waals surface area contributed by atoms with Crippen molar-refractivity contribution >= 4 is 14.4 Å². The van der Waals surface area contributed by atoms with Crippen LogP contribution in [0.4, 0.5) is 0 Å². The molecule has 0 spiro atoms. The minimum atomic E-state index is -1.36. The van der Waals surface area contributed by atoms with Crippen LogP contribution in [0.5, 0.6) is 0 Å². The molecule has 0 saturated carbocycles. The molecule has 24 heavy (non-hydrogen) atoms. The van der Waals surface area contributed by atoms with Crippen LogP contribution >= 0.6 is 0 Å². The van der Waals surface area contributed by atoms with Gasteiger partial charge in [-0.15, -0.1) is 18.1 Å². The van der Waals surface area contributed by atoms with Gasteiger partial charge in [0.2, 0.25) is 0 Å². The van der Waals surface area contributed by atoms with E-state index < -0.39 is 8.32 Å². The van der Waals surface area contributed by atoms with Gasteiger partial charge in [-0.25, -0.2) is 18.2 Å². The smallest absolute Gasteiger partial charge is 1.00 e. The van der Waals surface area contributed by atoms with Crippen LogP contribution in [0, 0.1) is 12.2 Å². The van der Waals surface area contributed by atoms with E-state index in [2.05, 4.69) is 68.2 Å². The Bertz CT molecular complexity index is 541. The van der Waals surface area contributed by atoms with Crippen molar-refractivity contribution in [2.75, 3.05) is 6.61 Å². The van der Waals surface area contributed by atoms with Crippen LogP contribution < -0.4 is 24.8 Å². The minimum absolute atomic E-state index is 0. The predicted molar refractivity (Wildman–Crippen MR) is 92.4 cm³/mol. The predicted octanol–water partition coefficient (Wildman–Crippen LogP) is -0.847. The molecule has 2 aliphatic carbocycles. The summed E-state index contributed by atoms with van der Waals surface area (Å²) in [6.07, 6.45) is 16.6. The summed E-state index contributed by atoms with van der Waals surface area (Å²) in [4.78, 5) is 0. The molecule has 1 nitrogen and oxygen atoms in total. The zero-order valence-corrected chi connectivity index (χ0v) is 19.5. The molecule has 0 aliphatic heterocycles. The van der Waals surface area contributed by atoms with E-state index in [1.807, 2.05) is 12.2 Å². The van der Waals surface area contributed by atoms with Gasteiger partial charge in [-0.2, -0.15) is 11.6 Å². The van der Waals surface area contributed by atoms with Gasteiger partial charge in [-0.05, 0) is 26.1 Å². The maximum absolute atomic E-state index is 5.89. The molecule has 0 N–H and O–H groups in total. The fraction of sp³-hybridized carbons (Fsp3) is 0.368. The van der Waals surface area contributed by atoms with Crippen LogP contribution in [-0.2, 0) is 30.6 Å². The standard InChI is InChI=1S/C14H19OSi.C5H5.2ClH.Zr/c1-16(2,3)15-11-10-13-9-8-12-6-4-5-7-14(12)13;1-2-4-5-3-1;;;/h4-8,13H,10-11H2,1-3H3;1-3H,4H2;2*1H;/q2*-1;;;+4/p-2. The van der Waals surface area contributed by atoms with E-state index >= 15 is 0 Å². The van der Waals surface area contributed by atoms with Crippen LogP contribution in [0.25, 0.3) is 6.08 Å². The first-order valence-electron chi connectivity index (χ1n) is 7.60. The van der Waals surface area contributed by atoms with Crippen molar-refractivity contribution < 1.29 is 55.4 Å².